The Balaban J connectivity index is 1.35. The average molecular weight is 474 g/mol. The van der Waals surface area contributed by atoms with E-state index in [1.165, 1.54) is 12.1 Å². The molecule has 0 radical (unpaired) electrons. The summed E-state index contributed by atoms with van der Waals surface area (Å²) >= 11 is 0. The van der Waals surface area contributed by atoms with E-state index < -0.39 is 5.97 Å². The predicted octanol–water partition coefficient (Wildman–Crippen LogP) is 5.52. The summed E-state index contributed by atoms with van der Waals surface area (Å²) in [7, 11) is 1.84. The smallest absolute Gasteiger partial charge is 0.323 e. The van der Waals surface area contributed by atoms with Gasteiger partial charge < -0.3 is 14.6 Å². The molecule has 1 amide bonds. The molecule has 1 fully saturated rings. The Morgan fingerprint density at radius 3 is 2.57 bits per heavy atom. The molecule has 0 aliphatic heterocycles. The van der Waals surface area contributed by atoms with Gasteiger partial charge in [-0.05, 0) is 74.4 Å². The van der Waals surface area contributed by atoms with Crippen LogP contribution in [0, 0.1) is 12.7 Å². The number of carbonyl (C=O) groups is 2. The molecule has 0 unspecified atom stereocenters. The number of rotatable bonds is 5. The number of carboxylic acids is 1. The maximum absolute atomic E-state index is 14.1. The Kier molecular flexibility index (Phi) is 6.01. The van der Waals surface area contributed by atoms with Gasteiger partial charge in [-0.15, -0.1) is 0 Å². The van der Waals surface area contributed by atoms with Crippen LogP contribution in [0.2, 0.25) is 0 Å². The number of nitrogens with zero attached hydrogens (tertiary/aromatic N) is 3. The van der Waals surface area contributed by atoms with Gasteiger partial charge in [-0.2, -0.15) is 0 Å². The molecular formula is C28H28FN3O3. The van der Waals surface area contributed by atoms with E-state index in [1.807, 2.05) is 44.3 Å². The van der Waals surface area contributed by atoms with Crippen molar-refractivity contribution in [3.8, 4) is 0 Å². The number of amides is 1. The molecule has 2 aromatic heterocycles. The van der Waals surface area contributed by atoms with Crippen LogP contribution < -0.4 is 0 Å². The first-order chi connectivity index (χ1) is 16.8. The second kappa shape index (κ2) is 9.13. The molecule has 5 rings (SSSR count). The molecule has 0 bridgehead atoms. The first kappa shape index (κ1) is 23.0. The zero-order valence-corrected chi connectivity index (χ0v) is 19.9. The highest BCUT2D eigenvalue weighted by Gasteiger charge is 2.31. The number of para-hydroxylation sites is 1. The van der Waals surface area contributed by atoms with Crippen LogP contribution in [0.25, 0.3) is 21.8 Å². The van der Waals surface area contributed by atoms with E-state index in [4.69, 9.17) is 0 Å². The van der Waals surface area contributed by atoms with Gasteiger partial charge in [-0.25, -0.2) is 9.37 Å². The molecule has 0 saturated heterocycles. The number of carbonyl (C=O) groups excluding carboxylic acids is 1. The zero-order chi connectivity index (χ0) is 24.7. The largest absolute Gasteiger partial charge is 0.480 e. The number of hydrogen-bond donors (Lipinski definition) is 1. The molecule has 1 saturated carbocycles. The minimum atomic E-state index is -0.924. The highest BCUT2D eigenvalue weighted by atomic mass is 19.1. The summed E-state index contributed by atoms with van der Waals surface area (Å²) in [5, 5.41) is 11.2. The van der Waals surface area contributed by atoms with Gasteiger partial charge in [0.25, 0.3) is 5.91 Å². The van der Waals surface area contributed by atoms with Crippen LogP contribution in [0.15, 0.2) is 54.6 Å². The Hall–Kier alpha value is -3.74. The predicted molar refractivity (Wildman–Crippen MR) is 133 cm³/mol. The van der Waals surface area contributed by atoms with Gasteiger partial charge in [0.1, 0.15) is 18.1 Å². The van der Waals surface area contributed by atoms with E-state index in [1.54, 1.807) is 21.6 Å². The van der Waals surface area contributed by atoms with Gasteiger partial charge in [-0.1, -0.05) is 24.3 Å². The van der Waals surface area contributed by atoms with Crippen LogP contribution in [-0.4, -0.2) is 44.5 Å². The van der Waals surface area contributed by atoms with Crippen LogP contribution in [0.5, 0.6) is 0 Å². The molecule has 6 nitrogen and oxygen atoms in total. The lowest BCUT2D eigenvalue weighted by atomic mass is 9.80. The molecule has 1 aliphatic carbocycles. The Bertz CT molecular complexity index is 1440. The second-order valence-corrected chi connectivity index (χ2v) is 9.45. The monoisotopic (exact) mass is 473 g/mol. The maximum Gasteiger partial charge on any atom is 0.323 e. The summed E-state index contributed by atoms with van der Waals surface area (Å²) in [6, 6.07) is 16.1. The number of aliphatic carboxylic acids is 1. The summed E-state index contributed by atoms with van der Waals surface area (Å²) in [6.07, 6.45) is 3.33. The molecule has 35 heavy (non-hydrogen) atoms. The minimum absolute atomic E-state index is 0.0875. The highest BCUT2D eigenvalue weighted by Crippen LogP contribution is 2.41. The SMILES string of the molecule is Cc1c(C2CCC(N(C)C(=O)c3ccc4ccccc4n3)CC2)c2cc(F)ccc2n1CC(=O)O. The maximum atomic E-state index is 14.1. The second-order valence-electron chi connectivity index (χ2n) is 9.45. The molecule has 7 heteroatoms. The summed E-state index contributed by atoms with van der Waals surface area (Å²) in [5.41, 5.74) is 3.90. The number of benzene rings is 2. The quantitative estimate of drug-likeness (QED) is 0.414. The van der Waals surface area contributed by atoms with Gasteiger partial charge in [0.05, 0.1) is 5.52 Å². The van der Waals surface area contributed by atoms with Gasteiger partial charge in [-0.3, -0.25) is 9.59 Å². The molecular weight excluding hydrogens is 445 g/mol. The number of fused-ring (bicyclic) bond motifs is 2. The molecule has 1 aliphatic rings. The minimum Gasteiger partial charge on any atom is -0.480 e. The molecule has 1 N–H and O–H groups in total. The van der Waals surface area contributed by atoms with Crippen molar-refractivity contribution < 1.29 is 19.1 Å². The average Bonchev–Trinajstić information content (AvgIpc) is 3.12. The Morgan fingerprint density at radius 1 is 1.09 bits per heavy atom. The van der Waals surface area contributed by atoms with Crippen LogP contribution >= 0.6 is 0 Å². The van der Waals surface area contributed by atoms with E-state index in [9.17, 15) is 19.1 Å². The van der Waals surface area contributed by atoms with Crippen molar-refractivity contribution in [3.63, 3.8) is 0 Å². The normalized spacial score (nSPS) is 18.1. The van der Waals surface area contributed by atoms with Crippen LogP contribution in [0.1, 0.15) is 53.3 Å². The molecule has 0 spiro atoms. The van der Waals surface area contributed by atoms with E-state index >= 15 is 0 Å². The van der Waals surface area contributed by atoms with E-state index in [-0.39, 0.29) is 30.2 Å². The third-order valence-electron chi connectivity index (χ3n) is 7.42. The number of aromatic nitrogens is 2. The van der Waals surface area contributed by atoms with Gasteiger partial charge in [0.15, 0.2) is 0 Å². The Morgan fingerprint density at radius 2 is 1.83 bits per heavy atom. The lowest BCUT2D eigenvalue weighted by molar-refractivity contribution is -0.137. The van der Waals surface area contributed by atoms with E-state index in [0.717, 1.165) is 58.7 Å². The third kappa shape index (κ3) is 4.27. The van der Waals surface area contributed by atoms with Crippen molar-refractivity contribution >= 4 is 33.7 Å². The highest BCUT2D eigenvalue weighted by molar-refractivity contribution is 5.95. The van der Waals surface area contributed by atoms with Crippen molar-refractivity contribution in [2.75, 3.05) is 7.05 Å². The van der Waals surface area contributed by atoms with Gasteiger partial charge in [0.2, 0.25) is 0 Å². The molecule has 180 valence electrons. The standard InChI is InChI=1S/C28H28FN3O3/c1-17-27(22-15-20(29)10-14-25(22)32(17)16-26(33)34)19-7-11-21(12-8-19)31(2)28(35)24-13-9-18-5-3-4-6-23(18)30-24/h3-6,9-10,13-15,19,21H,7-8,11-12,16H2,1-2H3,(H,33,34). The molecule has 0 atom stereocenters. The zero-order valence-electron chi connectivity index (χ0n) is 19.9. The lowest BCUT2D eigenvalue weighted by Gasteiger charge is -2.35. The fraction of sp³-hybridized carbons (Fsp3) is 0.321. The number of halogens is 1. The van der Waals surface area contributed by atoms with Crippen molar-refractivity contribution in [3.05, 3.63) is 77.4 Å². The molecule has 2 heterocycles. The number of hydrogen-bond acceptors (Lipinski definition) is 3. The number of carboxylic acid groups (broad SMARTS) is 1. The van der Waals surface area contributed by atoms with Crippen LogP contribution in [-0.2, 0) is 11.3 Å². The summed E-state index contributed by atoms with van der Waals surface area (Å²) in [6.45, 7) is 1.77. The van der Waals surface area contributed by atoms with E-state index in [0.29, 0.717) is 5.69 Å². The first-order valence-electron chi connectivity index (χ1n) is 12.0. The molecule has 4 aromatic rings. The van der Waals surface area contributed by atoms with E-state index in [2.05, 4.69) is 4.98 Å². The Labute approximate surface area is 203 Å². The van der Waals surface area contributed by atoms with Gasteiger partial charge >= 0.3 is 5.97 Å². The first-order valence-corrected chi connectivity index (χ1v) is 12.0. The number of pyridine rings is 1. The fourth-order valence-corrected chi connectivity index (χ4v) is 5.62. The van der Waals surface area contributed by atoms with Crippen LogP contribution in [0.3, 0.4) is 0 Å². The van der Waals surface area contributed by atoms with Crippen LogP contribution in [0.4, 0.5) is 4.39 Å². The third-order valence-corrected chi connectivity index (χ3v) is 7.42. The summed E-state index contributed by atoms with van der Waals surface area (Å²) in [5.74, 6) is -1.15. The van der Waals surface area contributed by atoms with Crippen molar-refractivity contribution in [1.82, 2.24) is 14.5 Å². The lowest BCUT2D eigenvalue weighted by Crippen LogP contribution is -2.39. The van der Waals surface area contributed by atoms with Gasteiger partial charge in [0, 0.05) is 35.1 Å². The summed E-state index contributed by atoms with van der Waals surface area (Å²) in [4.78, 5) is 31.0. The molecule has 2 aromatic carbocycles. The fourth-order valence-electron chi connectivity index (χ4n) is 5.62. The summed E-state index contributed by atoms with van der Waals surface area (Å²) < 4.78 is 15.9. The van der Waals surface area contributed by atoms with Crippen molar-refractivity contribution in [2.45, 2.75) is 51.1 Å². The topological polar surface area (TPSA) is 75.4 Å². The van der Waals surface area contributed by atoms with Crippen molar-refractivity contribution in [2.24, 2.45) is 0 Å². The van der Waals surface area contributed by atoms with Crippen molar-refractivity contribution in [1.29, 1.82) is 0 Å².